The number of hydrogen-bond acceptors (Lipinski definition) is 5. The van der Waals surface area contributed by atoms with E-state index >= 15 is 0 Å². The summed E-state index contributed by atoms with van der Waals surface area (Å²) < 4.78 is 24.9. The van der Waals surface area contributed by atoms with E-state index in [1.165, 1.54) is 30.3 Å². The number of sulfonamides is 1. The molecule has 0 heterocycles. The van der Waals surface area contributed by atoms with E-state index in [9.17, 15) is 23.3 Å². The second-order valence-corrected chi connectivity index (χ2v) is 7.43. The first-order valence-electron chi connectivity index (χ1n) is 6.90. The predicted octanol–water partition coefficient (Wildman–Crippen LogP) is 3.18. The topological polar surface area (TPSA) is 118 Å². The molecule has 0 aliphatic rings. The molecule has 132 valence electrons. The molecule has 2 aromatic carbocycles. The quantitative estimate of drug-likeness (QED) is 0.607. The van der Waals surface area contributed by atoms with Crippen LogP contribution in [0.25, 0.3) is 0 Å². The molecule has 10 heteroatoms. The number of halogens is 1. The van der Waals surface area contributed by atoms with Gasteiger partial charge in [0.05, 0.1) is 27.6 Å². The second-order valence-electron chi connectivity index (χ2n) is 5.28. The highest BCUT2D eigenvalue weighted by atomic mass is 35.5. The number of carbonyl (C=O) groups excluding carboxylic acids is 1. The Morgan fingerprint density at radius 3 is 2.40 bits per heavy atom. The van der Waals surface area contributed by atoms with E-state index in [0.29, 0.717) is 11.3 Å². The number of nitrogens with one attached hydrogen (secondary N) is 2. The van der Waals surface area contributed by atoms with Crippen molar-refractivity contribution >= 4 is 44.6 Å². The van der Waals surface area contributed by atoms with Gasteiger partial charge in [-0.25, -0.2) is 8.42 Å². The van der Waals surface area contributed by atoms with Crippen molar-refractivity contribution in [2.75, 3.05) is 16.3 Å². The third kappa shape index (κ3) is 4.91. The number of nitro groups is 1. The fourth-order valence-corrected chi connectivity index (χ4v) is 2.83. The van der Waals surface area contributed by atoms with E-state index < -0.39 is 20.9 Å². The van der Waals surface area contributed by atoms with Crippen LogP contribution in [0.4, 0.5) is 17.1 Å². The molecule has 0 aliphatic carbocycles. The Hall–Kier alpha value is -2.65. The number of amides is 1. The normalized spacial score (nSPS) is 11.0. The van der Waals surface area contributed by atoms with Crippen LogP contribution in [0, 0.1) is 17.0 Å². The van der Waals surface area contributed by atoms with Gasteiger partial charge < -0.3 is 5.32 Å². The number of aryl methyl sites for hydroxylation is 1. The summed E-state index contributed by atoms with van der Waals surface area (Å²) in [6, 6.07) is 8.09. The molecule has 0 fully saturated rings. The fraction of sp³-hybridized carbons (Fsp3) is 0.133. The number of benzene rings is 2. The maximum atomic E-state index is 12.3. The lowest BCUT2D eigenvalue weighted by Crippen LogP contribution is -2.14. The third-order valence-corrected chi connectivity index (χ3v) is 4.11. The zero-order valence-electron chi connectivity index (χ0n) is 13.2. The summed E-state index contributed by atoms with van der Waals surface area (Å²) in [6.07, 6.45) is 1.03. The first kappa shape index (κ1) is 18.7. The van der Waals surface area contributed by atoms with Gasteiger partial charge in [0.15, 0.2) is 0 Å². The van der Waals surface area contributed by atoms with Crippen molar-refractivity contribution in [3.05, 3.63) is 62.7 Å². The van der Waals surface area contributed by atoms with Crippen LogP contribution in [0.3, 0.4) is 0 Å². The Kier molecular flexibility index (Phi) is 5.29. The van der Waals surface area contributed by atoms with Crippen molar-refractivity contribution in [3.63, 3.8) is 0 Å². The molecule has 0 radical (unpaired) electrons. The number of rotatable bonds is 5. The summed E-state index contributed by atoms with van der Waals surface area (Å²) in [5.74, 6) is -0.531. The molecule has 0 unspecified atom stereocenters. The Balaban J connectivity index is 2.26. The summed E-state index contributed by atoms with van der Waals surface area (Å²) in [5.41, 5.74) is 1.05. The summed E-state index contributed by atoms with van der Waals surface area (Å²) in [7, 11) is -3.43. The van der Waals surface area contributed by atoms with Crippen molar-refractivity contribution in [3.8, 4) is 0 Å². The van der Waals surface area contributed by atoms with Crippen LogP contribution in [0.5, 0.6) is 0 Å². The minimum absolute atomic E-state index is 0.108. The van der Waals surface area contributed by atoms with Gasteiger partial charge in [-0.05, 0) is 36.8 Å². The van der Waals surface area contributed by atoms with Gasteiger partial charge in [0.25, 0.3) is 11.6 Å². The van der Waals surface area contributed by atoms with Gasteiger partial charge in [0, 0.05) is 17.7 Å². The molecule has 0 saturated heterocycles. The maximum Gasteiger partial charge on any atom is 0.271 e. The third-order valence-electron chi connectivity index (χ3n) is 3.19. The average Bonchev–Trinajstić information content (AvgIpc) is 2.49. The number of anilines is 2. The van der Waals surface area contributed by atoms with Crippen LogP contribution < -0.4 is 10.0 Å². The van der Waals surface area contributed by atoms with Crippen molar-refractivity contribution in [1.82, 2.24) is 0 Å². The van der Waals surface area contributed by atoms with Crippen molar-refractivity contribution in [2.24, 2.45) is 0 Å². The van der Waals surface area contributed by atoms with Crippen molar-refractivity contribution in [2.45, 2.75) is 6.92 Å². The summed E-state index contributed by atoms with van der Waals surface area (Å²) in [6.45, 7) is 1.64. The van der Waals surface area contributed by atoms with E-state index in [4.69, 9.17) is 11.6 Å². The summed E-state index contributed by atoms with van der Waals surface area (Å²) in [5, 5.41) is 13.5. The van der Waals surface area contributed by atoms with Gasteiger partial charge in [-0.3, -0.25) is 19.6 Å². The summed E-state index contributed by atoms with van der Waals surface area (Å²) in [4.78, 5) is 22.5. The zero-order chi connectivity index (χ0) is 18.8. The number of hydrogen-bond donors (Lipinski definition) is 2. The lowest BCUT2D eigenvalue weighted by atomic mass is 10.1. The highest BCUT2D eigenvalue weighted by molar-refractivity contribution is 7.92. The van der Waals surface area contributed by atoms with E-state index in [2.05, 4.69) is 10.0 Å². The molecule has 2 rings (SSSR count). The average molecular weight is 384 g/mol. The lowest BCUT2D eigenvalue weighted by Gasteiger charge is -2.11. The molecule has 0 spiro atoms. The van der Waals surface area contributed by atoms with Gasteiger partial charge in [-0.2, -0.15) is 0 Å². The van der Waals surface area contributed by atoms with E-state index in [0.717, 1.165) is 12.3 Å². The molecular weight excluding hydrogens is 370 g/mol. The smallest absolute Gasteiger partial charge is 0.271 e. The molecule has 0 bridgehead atoms. The molecule has 0 aromatic heterocycles. The van der Waals surface area contributed by atoms with Crippen LogP contribution >= 0.6 is 11.6 Å². The van der Waals surface area contributed by atoms with E-state index in [-0.39, 0.29) is 22.0 Å². The Labute approximate surface area is 149 Å². The number of nitro benzene ring substituents is 1. The predicted molar refractivity (Wildman–Crippen MR) is 95.7 cm³/mol. The number of carbonyl (C=O) groups is 1. The van der Waals surface area contributed by atoms with Gasteiger partial charge >= 0.3 is 0 Å². The molecular formula is C15H14ClN3O5S. The SMILES string of the molecule is Cc1cc(C(=O)Nc2cc([N+](=O)[O-])ccc2Cl)ccc1NS(C)(=O)=O. The molecule has 0 atom stereocenters. The van der Waals surface area contributed by atoms with E-state index in [1.54, 1.807) is 6.92 Å². The Bertz CT molecular complexity index is 960. The standard InChI is InChI=1S/C15H14ClN3O5S/c1-9-7-10(3-6-13(9)18-25(2,23)24)15(20)17-14-8-11(19(21)22)4-5-12(14)16/h3-8,18H,1-2H3,(H,17,20). The minimum Gasteiger partial charge on any atom is -0.320 e. The van der Waals surface area contributed by atoms with Gasteiger partial charge in [-0.1, -0.05) is 11.6 Å². The van der Waals surface area contributed by atoms with Crippen LogP contribution in [0.2, 0.25) is 5.02 Å². The van der Waals surface area contributed by atoms with Crippen molar-refractivity contribution < 1.29 is 18.1 Å². The molecule has 2 aromatic rings. The molecule has 0 aliphatic heterocycles. The van der Waals surface area contributed by atoms with Crippen LogP contribution in [-0.2, 0) is 10.0 Å². The molecule has 1 amide bonds. The molecule has 25 heavy (non-hydrogen) atoms. The monoisotopic (exact) mass is 383 g/mol. The van der Waals surface area contributed by atoms with Crippen LogP contribution in [0.15, 0.2) is 36.4 Å². The first-order chi connectivity index (χ1) is 11.6. The largest absolute Gasteiger partial charge is 0.320 e. The van der Waals surface area contributed by atoms with Crippen LogP contribution in [-0.4, -0.2) is 25.5 Å². The van der Waals surface area contributed by atoms with Gasteiger partial charge in [0.2, 0.25) is 10.0 Å². The van der Waals surface area contributed by atoms with E-state index in [1.807, 2.05) is 0 Å². The summed E-state index contributed by atoms with van der Waals surface area (Å²) >= 11 is 5.95. The van der Waals surface area contributed by atoms with Gasteiger partial charge in [0.1, 0.15) is 0 Å². The molecule has 2 N–H and O–H groups in total. The van der Waals surface area contributed by atoms with Crippen LogP contribution in [0.1, 0.15) is 15.9 Å². The minimum atomic E-state index is -3.43. The highest BCUT2D eigenvalue weighted by Gasteiger charge is 2.14. The molecule has 8 nitrogen and oxygen atoms in total. The first-order valence-corrected chi connectivity index (χ1v) is 9.17. The second kappa shape index (κ2) is 7.08. The van der Waals surface area contributed by atoms with Crippen molar-refractivity contribution in [1.29, 1.82) is 0 Å². The Morgan fingerprint density at radius 2 is 1.84 bits per heavy atom. The Morgan fingerprint density at radius 1 is 1.16 bits per heavy atom. The number of nitrogens with zero attached hydrogens (tertiary/aromatic N) is 1. The molecule has 0 saturated carbocycles. The van der Waals surface area contributed by atoms with Gasteiger partial charge in [-0.15, -0.1) is 0 Å². The number of non-ortho nitro benzene ring substituents is 1. The fourth-order valence-electron chi connectivity index (χ4n) is 2.04. The maximum absolute atomic E-state index is 12.3. The zero-order valence-corrected chi connectivity index (χ0v) is 14.8. The lowest BCUT2D eigenvalue weighted by molar-refractivity contribution is -0.384. The highest BCUT2D eigenvalue weighted by Crippen LogP contribution is 2.27.